The lowest BCUT2D eigenvalue weighted by Gasteiger charge is -2.21. The molecule has 0 aliphatic carbocycles. The highest BCUT2D eigenvalue weighted by atomic mass is 16.6. The summed E-state index contributed by atoms with van der Waals surface area (Å²) in [5.74, 6) is 0.726. The Morgan fingerprint density at radius 2 is 1.90 bits per heavy atom. The summed E-state index contributed by atoms with van der Waals surface area (Å²) in [4.78, 5) is 24.6. The first kappa shape index (κ1) is 18.9. The normalized spacial score (nSPS) is 12.7. The molecule has 0 saturated heterocycles. The van der Waals surface area contributed by atoms with E-state index in [0.717, 1.165) is 16.5 Å². The summed E-state index contributed by atoms with van der Waals surface area (Å²) in [7, 11) is 1.49. The van der Waals surface area contributed by atoms with Gasteiger partial charge in [-0.15, -0.1) is 0 Å². The van der Waals surface area contributed by atoms with Crippen LogP contribution in [0.25, 0.3) is 11.0 Å². The summed E-state index contributed by atoms with van der Waals surface area (Å²) < 4.78 is 27.2. The maximum Gasteiger partial charge on any atom is 0.338 e. The van der Waals surface area contributed by atoms with Gasteiger partial charge in [0, 0.05) is 17.0 Å². The van der Waals surface area contributed by atoms with E-state index in [9.17, 15) is 9.59 Å². The largest absolute Gasteiger partial charge is 0.493 e. The summed E-state index contributed by atoms with van der Waals surface area (Å²) in [6.07, 6.45) is 0. The summed E-state index contributed by atoms with van der Waals surface area (Å²) in [5, 5.41) is 0.736. The van der Waals surface area contributed by atoms with E-state index >= 15 is 0 Å². The Morgan fingerprint density at radius 3 is 2.69 bits per heavy atom. The Morgan fingerprint density at radius 1 is 1.10 bits per heavy atom. The van der Waals surface area contributed by atoms with Crippen LogP contribution in [0.5, 0.6) is 17.2 Å². The third-order valence-electron chi connectivity index (χ3n) is 4.94. The molecule has 2 aromatic carbocycles. The second kappa shape index (κ2) is 7.50. The van der Waals surface area contributed by atoms with Crippen LogP contribution in [0.4, 0.5) is 0 Å². The summed E-state index contributed by atoms with van der Waals surface area (Å²) in [6, 6.07) is 8.24. The minimum absolute atomic E-state index is 0.0693. The molecule has 0 spiro atoms. The van der Waals surface area contributed by atoms with Gasteiger partial charge in [0.05, 0.1) is 12.7 Å². The van der Waals surface area contributed by atoms with Crippen molar-refractivity contribution in [2.45, 2.75) is 20.5 Å². The minimum atomic E-state index is -0.564. The van der Waals surface area contributed by atoms with Gasteiger partial charge >= 0.3 is 11.6 Å². The zero-order valence-electron chi connectivity index (χ0n) is 16.4. The van der Waals surface area contributed by atoms with E-state index in [-0.39, 0.29) is 12.2 Å². The molecule has 7 nitrogen and oxygen atoms in total. The summed E-state index contributed by atoms with van der Waals surface area (Å²) in [5.41, 5.74) is 2.76. The van der Waals surface area contributed by atoms with E-state index < -0.39 is 11.6 Å². The molecule has 0 N–H and O–H groups in total. The van der Waals surface area contributed by atoms with Crippen molar-refractivity contribution in [3.8, 4) is 17.2 Å². The van der Waals surface area contributed by atoms with Crippen molar-refractivity contribution in [3.05, 3.63) is 63.0 Å². The van der Waals surface area contributed by atoms with Crippen LogP contribution >= 0.6 is 0 Å². The monoisotopic (exact) mass is 396 g/mol. The molecule has 0 radical (unpaired) electrons. The Bertz CT molecular complexity index is 1140. The molecule has 1 aromatic heterocycles. The van der Waals surface area contributed by atoms with Gasteiger partial charge in [-0.05, 0) is 37.1 Å². The number of fused-ring (bicyclic) bond motifs is 2. The molecular formula is C22H20O7. The molecule has 1 aliphatic heterocycles. The molecular weight excluding hydrogens is 376 g/mol. The summed E-state index contributed by atoms with van der Waals surface area (Å²) in [6.45, 7) is 4.56. The van der Waals surface area contributed by atoms with Crippen LogP contribution < -0.4 is 19.8 Å². The fourth-order valence-corrected chi connectivity index (χ4v) is 3.26. The molecule has 2 heterocycles. The molecule has 7 heteroatoms. The molecule has 4 rings (SSSR count). The van der Waals surface area contributed by atoms with E-state index in [1.165, 1.54) is 13.2 Å². The highest BCUT2D eigenvalue weighted by Gasteiger charge is 2.22. The van der Waals surface area contributed by atoms with E-state index in [1.54, 1.807) is 12.1 Å². The third kappa shape index (κ3) is 3.51. The van der Waals surface area contributed by atoms with Crippen LogP contribution in [0.2, 0.25) is 0 Å². The van der Waals surface area contributed by atoms with Crippen LogP contribution in [-0.2, 0) is 11.3 Å². The number of benzene rings is 2. The van der Waals surface area contributed by atoms with E-state index in [0.29, 0.717) is 41.6 Å². The zero-order valence-corrected chi connectivity index (χ0v) is 16.4. The first-order valence-corrected chi connectivity index (χ1v) is 9.15. The number of ether oxygens (including phenoxy) is 4. The SMILES string of the molecule is COc1cc(C(=O)OCc2cc(=O)oc3c(C)c(C)ccc23)cc2c1OCCO2. The zero-order chi connectivity index (χ0) is 20.5. The number of carbonyl (C=O) groups excluding carboxylic acids is 1. The van der Waals surface area contributed by atoms with Gasteiger partial charge in [-0.2, -0.15) is 0 Å². The first-order valence-electron chi connectivity index (χ1n) is 9.15. The highest BCUT2D eigenvalue weighted by Crippen LogP contribution is 2.40. The average molecular weight is 396 g/mol. The van der Waals surface area contributed by atoms with Gasteiger partial charge < -0.3 is 23.4 Å². The Balaban J connectivity index is 1.62. The topological polar surface area (TPSA) is 84.2 Å². The first-order chi connectivity index (χ1) is 14.0. The van der Waals surface area contributed by atoms with E-state index in [2.05, 4.69) is 0 Å². The van der Waals surface area contributed by atoms with Gasteiger partial charge in [-0.1, -0.05) is 12.1 Å². The molecule has 0 saturated carbocycles. The van der Waals surface area contributed by atoms with Gasteiger partial charge in [-0.3, -0.25) is 0 Å². The molecule has 0 fully saturated rings. The van der Waals surface area contributed by atoms with Gasteiger partial charge in [0.25, 0.3) is 0 Å². The van der Waals surface area contributed by atoms with Crippen LogP contribution in [0.15, 0.2) is 39.5 Å². The number of carbonyl (C=O) groups is 1. The Labute approximate surface area is 166 Å². The highest BCUT2D eigenvalue weighted by molar-refractivity contribution is 5.91. The van der Waals surface area contributed by atoms with E-state index in [1.807, 2.05) is 26.0 Å². The maximum atomic E-state index is 12.6. The lowest BCUT2D eigenvalue weighted by atomic mass is 10.0. The van der Waals surface area contributed by atoms with E-state index in [4.69, 9.17) is 23.4 Å². The second-order valence-electron chi connectivity index (χ2n) is 6.75. The lowest BCUT2D eigenvalue weighted by molar-refractivity contribution is 0.0472. The lowest BCUT2D eigenvalue weighted by Crippen LogP contribution is -2.17. The van der Waals surface area contributed by atoms with Crippen molar-refractivity contribution in [1.82, 2.24) is 0 Å². The van der Waals surface area contributed by atoms with Crippen molar-refractivity contribution in [3.63, 3.8) is 0 Å². The number of hydrogen-bond acceptors (Lipinski definition) is 7. The molecule has 150 valence electrons. The smallest absolute Gasteiger partial charge is 0.338 e. The van der Waals surface area contributed by atoms with Crippen molar-refractivity contribution >= 4 is 16.9 Å². The van der Waals surface area contributed by atoms with Crippen LogP contribution in [0.1, 0.15) is 27.0 Å². The predicted molar refractivity (Wildman–Crippen MR) is 105 cm³/mol. The van der Waals surface area contributed by atoms with Crippen LogP contribution in [-0.4, -0.2) is 26.3 Å². The van der Waals surface area contributed by atoms with Crippen LogP contribution in [0.3, 0.4) is 0 Å². The average Bonchev–Trinajstić information content (AvgIpc) is 2.73. The van der Waals surface area contributed by atoms with Gasteiger partial charge in [0.1, 0.15) is 25.4 Å². The number of hydrogen-bond donors (Lipinski definition) is 0. The Hall–Kier alpha value is -3.48. The number of methoxy groups -OCH3 is 1. The predicted octanol–water partition coefficient (Wildman–Crippen LogP) is 3.55. The number of rotatable bonds is 4. The fourth-order valence-electron chi connectivity index (χ4n) is 3.26. The van der Waals surface area contributed by atoms with Crippen molar-refractivity contribution in [1.29, 1.82) is 0 Å². The molecule has 3 aromatic rings. The van der Waals surface area contributed by atoms with Gasteiger partial charge in [0.2, 0.25) is 5.75 Å². The van der Waals surface area contributed by atoms with Gasteiger partial charge in [-0.25, -0.2) is 9.59 Å². The number of esters is 1. The molecule has 29 heavy (non-hydrogen) atoms. The summed E-state index contributed by atoms with van der Waals surface area (Å²) >= 11 is 0. The van der Waals surface area contributed by atoms with Crippen molar-refractivity contribution < 1.29 is 28.2 Å². The molecule has 0 bridgehead atoms. The third-order valence-corrected chi connectivity index (χ3v) is 4.94. The molecule has 0 atom stereocenters. The molecule has 1 aliphatic rings. The standard InChI is InChI=1S/C22H20O7/c1-12-4-5-16-15(10-19(23)29-20(16)13(12)2)11-28-22(24)14-8-17(25-3)21-18(9-14)26-6-7-27-21/h4-5,8-10H,6-7,11H2,1-3H3. The number of aryl methyl sites for hydroxylation is 2. The quantitative estimate of drug-likeness (QED) is 0.493. The minimum Gasteiger partial charge on any atom is -0.493 e. The fraction of sp³-hybridized carbons (Fsp3) is 0.273. The van der Waals surface area contributed by atoms with Crippen molar-refractivity contribution in [2.24, 2.45) is 0 Å². The molecule has 0 unspecified atom stereocenters. The Kier molecular flexibility index (Phi) is 4.88. The van der Waals surface area contributed by atoms with Gasteiger partial charge in [0.15, 0.2) is 11.5 Å². The second-order valence-corrected chi connectivity index (χ2v) is 6.75. The molecule has 0 amide bonds. The van der Waals surface area contributed by atoms with Crippen molar-refractivity contribution in [2.75, 3.05) is 20.3 Å². The van der Waals surface area contributed by atoms with Crippen LogP contribution in [0, 0.1) is 13.8 Å². The maximum absolute atomic E-state index is 12.6.